The summed E-state index contributed by atoms with van der Waals surface area (Å²) in [4.78, 5) is 26.0. The van der Waals surface area contributed by atoms with E-state index in [9.17, 15) is 18.0 Å². The molecule has 1 aliphatic rings. The van der Waals surface area contributed by atoms with Crippen molar-refractivity contribution < 1.29 is 13.2 Å². The highest BCUT2D eigenvalue weighted by Gasteiger charge is 2.30. The Labute approximate surface area is 170 Å². The van der Waals surface area contributed by atoms with E-state index in [-0.39, 0.29) is 49.1 Å². The molecule has 1 amide bonds. The van der Waals surface area contributed by atoms with E-state index in [4.69, 9.17) is 11.6 Å². The van der Waals surface area contributed by atoms with Crippen LogP contribution in [0.1, 0.15) is 0 Å². The Hall–Kier alpha value is -1.68. The van der Waals surface area contributed by atoms with Gasteiger partial charge in [0.25, 0.3) is 5.56 Å². The predicted molar refractivity (Wildman–Crippen MR) is 105 cm³/mol. The van der Waals surface area contributed by atoms with E-state index in [1.54, 1.807) is 29.3 Å². The second kappa shape index (κ2) is 8.14. The molecule has 7 nitrogen and oxygen atoms in total. The van der Waals surface area contributed by atoms with E-state index in [0.717, 1.165) is 0 Å². The first kappa shape index (κ1) is 20.1. The van der Waals surface area contributed by atoms with E-state index in [1.807, 2.05) is 0 Å². The van der Waals surface area contributed by atoms with Gasteiger partial charge in [0.1, 0.15) is 6.54 Å². The van der Waals surface area contributed by atoms with Crippen molar-refractivity contribution in [3.8, 4) is 0 Å². The van der Waals surface area contributed by atoms with Gasteiger partial charge in [-0.1, -0.05) is 17.7 Å². The summed E-state index contributed by atoms with van der Waals surface area (Å²) in [7, 11) is -3.66. The minimum absolute atomic E-state index is 0.0840. The van der Waals surface area contributed by atoms with Crippen LogP contribution in [-0.2, 0) is 21.4 Å². The third kappa shape index (κ3) is 4.60. The molecule has 1 aromatic heterocycles. The first-order chi connectivity index (χ1) is 12.8. The molecule has 0 aliphatic carbocycles. The molecule has 2 aromatic rings. The van der Waals surface area contributed by atoms with Crippen LogP contribution in [0.15, 0.2) is 56.8 Å². The predicted octanol–water partition coefficient (Wildman–Crippen LogP) is 1.80. The van der Waals surface area contributed by atoms with Crippen LogP contribution in [0, 0.1) is 0 Å². The smallest absolute Gasteiger partial charge is 0.251 e. The number of amides is 1. The number of carbonyl (C=O) groups excluding carboxylic acids is 1. The Bertz CT molecular complexity index is 1020. The van der Waals surface area contributed by atoms with Crippen molar-refractivity contribution in [2.45, 2.75) is 11.4 Å². The van der Waals surface area contributed by atoms with Crippen LogP contribution in [-0.4, -0.2) is 54.3 Å². The largest absolute Gasteiger partial charge is 0.339 e. The molecule has 2 heterocycles. The van der Waals surface area contributed by atoms with Crippen LogP contribution >= 0.6 is 27.5 Å². The van der Waals surface area contributed by atoms with Gasteiger partial charge in [0.05, 0.1) is 4.90 Å². The van der Waals surface area contributed by atoms with Crippen LogP contribution in [0.4, 0.5) is 0 Å². The van der Waals surface area contributed by atoms with Crippen molar-refractivity contribution in [2.24, 2.45) is 0 Å². The zero-order chi connectivity index (χ0) is 19.6. The first-order valence-corrected chi connectivity index (χ1v) is 10.8. The summed E-state index contributed by atoms with van der Waals surface area (Å²) < 4.78 is 28.8. The fraction of sp³-hybridized carbons (Fsp3) is 0.294. The number of aromatic nitrogens is 1. The minimum Gasteiger partial charge on any atom is -0.339 e. The minimum atomic E-state index is -3.66. The highest BCUT2D eigenvalue weighted by Crippen LogP contribution is 2.21. The highest BCUT2D eigenvalue weighted by molar-refractivity contribution is 9.10. The van der Waals surface area contributed by atoms with Gasteiger partial charge < -0.3 is 9.47 Å². The summed E-state index contributed by atoms with van der Waals surface area (Å²) in [6.45, 7) is 0.823. The third-order valence-corrected chi connectivity index (χ3v) is 6.88. The van der Waals surface area contributed by atoms with Gasteiger partial charge in [-0.2, -0.15) is 4.31 Å². The van der Waals surface area contributed by atoms with Gasteiger partial charge in [0.15, 0.2) is 0 Å². The molecule has 0 saturated carbocycles. The molecule has 1 aliphatic heterocycles. The van der Waals surface area contributed by atoms with Crippen molar-refractivity contribution in [2.75, 3.05) is 26.2 Å². The molecule has 0 spiro atoms. The highest BCUT2D eigenvalue weighted by atomic mass is 79.9. The van der Waals surface area contributed by atoms with Crippen LogP contribution < -0.4 is 5.56 Å². The lowest BCUT2D eigenvalue weighted by Gasteiger charge is -2.34. The summed E-state index contributed by atoms with van der Waals surface area (Å²) in [6, 6.07) is 9.11. The lowest BCUT2D eigenvalue weighted by atomic mass is 10.3. The molecule has 0 unspecified atom stereocenters. The molecule has 27 heavy (non-hydrogen) atoms. The number of sulfonamides is 1. The number of pyridine rings is 1. The van der Waals surface area contributed by atoms with Crippen LogP contribution in [0.3, 0.4) is 0 Å². The number of hydrogen-bond acceptors (Lipinski definition) is 4. The molecule has 0 radical (unpaired) electrons. The monoisotopic (exact) mass is 473 g/mol. The van der Waals surface area contributed by atoms with E-state index in [2.05, 4.69) is 15.9 Å². The molecule has 0 atom stereocenters. The summed E-state index contributed by atoms with van der Waals surface area (Å²) in [5, 5.41) is 0.351. The Morgan fingerprint density at radius 2 is 1.81 bits per heavy atom. The number of rotatable bonds is 4. The van der Waals surface area contributed by atoms with Crippen LogP contribution in [0.25, 0.3) is 0 Å². The lowest BCUT2D eigenvalue weighted by Crippen LogP contribution is -2.51. The maximum Gasteiger partial charge on any atom is 0.251 e. The maximum atomic E-state index is 12.7. The molecule has 1 saturated heterocycles. The van der Waals surface area contributed by atoms with Gasteiger partial charge in [-0.05, 0) is 40.2 Å². The third-order valence-electron chi connectivity index (χ3n) is 4.28. The molecule has 3 rings (SSSR count). The van der Waals surface area contributed by atoms with Gasteiger partial charge in [-0.3, -0.25) is 9.59 Å². The van der Waals surface area contributed by atoms with E-state index >= 15 is 0 Å². The molecule has 0 bridgehead atoms. The van der Waals surface area contributed by atoms with Crippen molar-refractivity contribution in [1.82, 2.24) is 13.8 Å². The SMILES string of the molecule is O=C(Cn1cc(Br)ccc1=O)N1CCN(S(=O)(=O)c2cccc(Cl)c2)CC1. The number of hydrogen-bond donors (Lipinski definition) is 0. The van der Waals surface area contributed by atoms with Gasteiger partial charge in [-0.15, -0.1) is 0 Å². The number of halogens is 2. The molecule has 1 aromatic carbocycles. The number of piperazine rings is 1. The summed E-state index contributed by atoms with van der Waals surface area (Å²) in [5.41, 5.74) is -0.270. The Morgan fingerprint density at radius 1 is 1.11 bits per heavy atom. The Morgan fingerprint density at radius 3 is 2.48 bits per heavy atom. The van der Waals surface area contributed by atoms with E-state index in [1.165, 1.54) is 27.1 Å². The van der Waals surface area contributed by atoms with E-state index in [0.29, 0.717) is 9.50 Å². The topological polar surface area (TPSA) is 79.7 Å². The fourth-order valence-corrected chi connectivity index (χ4v) is 4.93. The molecule has 1 fully saturated rings. The standard InChI is InChI=1S/C17H17BrClN3O4S/c18-13-4-5-16(23)21(11-13)12-17(24)20-6-8-22(9-7-20)27(25,26)15-3-1-2-14(19)10-15/h1-5,10-11H,6-9,12H2. The summed E-state index contributed by atoms with van der Waals surface area (Å²) in [6.07, 6.45) is 1.56. The average molecular weight is 475 g/mol. The van der Waals surface area contributed by atoms with Crippen molar-refractivity contribution in [3.05, 3.63) is 62.4 Å². The number of nitrogens with zero attached hydrogens (tertiary/aromatic N) is 3. The van der Waals surface area contributed by atoms with Gasteiger partial charge in [0, 0.05) is 47.9 Å². The average Bonchev–Trinajstić information content (AvgIpc) is 2.65. The van der Waals surface area contributed by atoms with Crippen molar-refractivity contribution >= 4 is 43.5 Å². The zero-order valence-corrected chi connectivity index (χ0v) is 17.4. The fourth-order valence-electron chi connectivity index (χ4n) is 2.83. The molecule has 0 N–H and O–H groups in total. The first-order valence-electron chi connectivity index (χ1n) is 8.17. The molecule has 10 heteroatoms. The molecular formula is C17H17BrClN3O4S. The quantitative estimate of drug-likeness (QED) is 0.677. The van der Waals surface area contributed by atoms with Crippen molar-refractivity contribution in [3.63, 3.8) is 0 Å². The van der Waals surface area contributed by atoms with Crippen LogP contribution in [0.2, 0.25) is 5.02 Å². The van der Waals surface area contributed by atoms with Gasteiger partial charge in [-0.25, -0.2) is 8.42 Å². The summed E-state index contributed by atoms with van der Waals surface area (Å²) in [5.74, 6) is -0.227. The Balaban J connectivity index is 1.65. The maximum absolute atomic E-state index is 12.7. The summed E-state index contributed by atoms with van der Waals surface area (Å²) >= 11 is 9.16. The van der Waals surface area contributed by atoms with Gasteiger partial charge in [0.2, 0.25) is 15.9 Å². The normalized spacial score (nSPS) is 15.7. The number of carbonyl (C=O) groups is 1. The van der Waals surface area contributed by atoms with Crippen molar-refractivity contribution in [1.29, 1.82) is 0 Å². The van der Waals surface area contributed by atoms with Gasteiger partial charge >= 0.3 is 0 Å². The number of benzene rings is 1. The Kier molecular flexibility index (Phi) is 6.05. The second-order valence-corrected chi connectivity index (χ2v) is 9.35. The second-order valence-electron chi connectivity index (χ2n) is 6.06. The lowest BCUT2D eigenvalue weighted by molar-refractivity contribution is -0.133. The van der Waals surface area contributed by atoms with E-state index < -0.39 is 10.0 Å². The zero-order valence-electron chi connectivity index (χ0n) is 14.2. The van der Waals surface area contributed by atoms with Crippen LogP contribution in [0.5, 0.6) is 0 Å². The molecule has 144 valence electrons. The molecular weight excluding hydrogens is 458 g/mol.